The highest BCUT2D eigenvalue weighted by Gasteiger charge is 2.22. The van der Waals surface area contributed by atoms with Crippen LogP contribution in [0.1, 0.15) is 25.6 Å². The Hall–Kier alpha value is -1.35. The normalized spacial score (nSPS) is 12.3. The molecule has 2 nitrogen and oxygen atoms in total. The molecule has 0 N–H and O–H groups in total. The monoisotopic (exact) mass is 256 g/mol. The fraction of sp³-hybridized carbons (Fsp3) is 0.308. The van der Waals surface area contributed by atoms with Crippen molar-refractivity contribution in [3.63, 3.8) is 0 Å². The number of halogens is 2. The van der Waals surface area contributed by atoms with Gasteiger partial charge in [0.25, 0.3) is 0 Å². The molecule has 0 aliphatic carbocycles. The molecular formula is C13H14ClFO2. The summed E-state index contributed by atoms with van der Waals surface area (Å²) in [4.78, 5) is 11.4. The molecule has 1 rings (SSSR count). The highest BCUT2D eigenvalue weighted by molar-refractivity contribution is 6.30. The van der Waals surface area contributed by atoms with E-state index in [1.54, 1.807) is 26.0 Å². The molecular weight excluding hydrogens is 243 g/mol. The lowest BCUT2D eigenvalue weighted by Crippen LogP contribution is -2.15. The molecule has 0 bridgehead atoms. The molecule has 1 unspecified atom stereocenters. The Labute approximate surface area is 105 Å². The van der Waals surface area contributed by atoms with E-state index in [0.717, 1.165) is 0 Å². The van der Waals surface area contributed by atoms with Crippen molar-refractivity contribution >= 4 is 17.6 Å². The zero-order chi connectivity index (χ0) is 13.0. The van der Waals surface area contributed by atoms with E-state index in [4.69, 9.17) is 16.3 Å². The second-order valence-electron chi connectivity index (χ2n) is 3.89. The van der Waals surface area contributed by atoms with Gasteiger partial charge in [-0.25, -0.2) is 9.18 Å². The van der Waals surface area contributed by atoms with Gasteiger partial charge in [0, 0.05) is 5.02 Å². The molecule has 0 saturated carbocycles. The molecule has 1 atom stereocenters. The van der Waals surface area contributed by atoms with Crippen LogP contribution in [0.4, 0.5) is 4.39 Å². The second-order valence-corrected chi connectivity index (χ2v) is 4.33. The van der Waals surface area contributed by atoms with Crippen LogP contribution in [-0.4, -0.2) is 12.1 Å². The van der Waals surface area contributed by atoms with Crippen LogP contribution in [0.15, 0.2) is 36.4 Å². The Balaban J connectivity index is 2.76. The second kappa shape index (κ2) is 5.82. The van der Waals surface area contributed by atoms with E-state index in [2.05, 4.69) is 6.58 Å². The Bertz CT molecular complexity index is 412. The van der Waals surface area contributed by atoms with E-state index in [1.807, 2.05) is 0 Å². The van der Waals surface area contributed by atoms with Crippen LogP contribution in [0, 0.1) is 0 Å². The smallest absolute Gasteiger partial charge is 0.336 e. The predicted molar refractivity (Wildman–Crippen MR) is 65.7 cm³/mol. The fourth-order valence-corrected chi connectivity index (χ4v) is 1.35. The maximum Gasteiger partial charge on any atom is 0.336 e. The first-order valence-electron chi connectivity index (χ1n) is 5.21. The van der Waals surface area contributed by atoms with Gasteiger partial charge in [0.2, 0.25) is 0 Å². The lowest BCUT2D eigenvalue weighted by Gasteiger charge is -2.13. The summed E-state index contributed by atoms with van der Waals surface area (Å²) < 4.78 is 18.8. The molecule has 0 spiro atoms. The van der Waals surface area contributed by atoms with E-state index in [0.29, 0.717) is 10.6 Å². The molecule has 1 aromatic carbocycles. The van der Waals surface area contributed by atoms with Crippen molar-refractivity contribution in [3.05, 3.63) is 47.0 Å². The summed E-state index contributed by atoms with van der Waals surface area (Å²) in [7, 11) is 0. The minimum Gasteiger partial charge on any atom is -0.460 e. The van der Waals surface area contributed by atoms with Gasteiger partial charge in [0.1, 0.15) is 0 Å². The summed E-state index contributed by atoms with van der Waals surface area (Å²) in [6.45, 7) is 6.81. The van der Waals surface area contributed by atoms with Crippen LogP contribution in [0.3, 0.4) is 0 Å². The summed E-state index contributed by atoms with van der Waals surface area (Å²) in [5.74, 6) is -0.720. The Kier molecular flexibility index (Phi) is 4.70. The standard InChI is InChI=1S/C13H14ClFO2/c1-8(2)17-13(16)9(3)12(15)10-4-6-11(14)7-5-10/h4-8,12H,3H2,1-2H3. The molecule has 92 valence electrons. The van der Waals surface area contributed by atoms with Gasteiger partial charge in [-0.05, 0) is 31.5 Å². The molecule has 0 saturated heterocycles. The third kappa shape index (κ3) is 3.86. The van der Waals surface area contributed by atoms with E-state index >= 15 is 0 Å². The van der Waals surface area contributed by atoms with Crippen molar-refractivity contribution in [1.29, 1.82) is 0 Å². The molecule has 4 heteroatoms. The highest BCUT2D eigenvalue weighted by Crippen LogP contribution is 2.26. The first-order valence-corrected chi connectivity index (χ1v) is 5.59. The number of carbonyl (C=O) groups is 1. The zero-order valence-corrected chi connectivity index (χ0v) is 10.5. The third-order valence-electron chi connectivity index (χ3n) is 2.07. The van der Waals surface area contributed by atoms with Gasteiger partial charge in [-0.15, -0.1) is 0 Å². The van der Waals surface area contributed by atoms with E-state index in [1.165, 1.54) is 12.1 Å². The summed E-state index contributed by atoms with van der Waals surface area (Å²) >= 11 is 5.69. The quantitative estimate of drug-likeness (QED) is 0.604. The molecule has 0 amide bonds. The van der Waals surface area contributed by atoms with Gasteiger partial charge >= 0.3 is 5.97 Å². The van der Waals surface area contributed by atoms with Gasteiger partial charge in [-0.1, -0.05) is 30.3 Å². The van der Waals surface area contributed by atoms with Crippen LogP contribution in [0.2, 0.25) is 5.02 Å². The number of esters is 1. The van der Waals surface area contributed by atoms with Gasteiger partial charge in [-0.3, -0.25) is 0 Å². The SMILES string of the molecule is C=C(C(=O)OC(C)C)C(F)c1ccc(Cl)cc1. The van der Waals surface area contributed by atoms with Crippen molar-refractivity contribution in [2.24, 2.45) is 0 Å². The summed E-state index contributed by atoms with van der Waals surface area (Å²) in [6.07, 6.45) is -1.87. The van der Waals surface area contributed by atoms with Gasteiger partial charge in [0.05, 0.1) is 11.7 Å². The number of carbonyl (C=O) groups excluding carboxylic acids is 1. The summed E-state index contributed by atoms with van der Waals surface area (Å²) in [5.41, 5.74) is 0.126. The summed E-state index contributed by atoms with van der Waals surface area (Å²) in [5, 5.41) is 0.510. The number of ether oxygens (including phenoxy) is 1. The number of hydrogen-bond donors (Lipinski definition) is 0. The Morgan fingerprint density at radius 1 is 1.35 bits per heavy atom. The van der Waals surface area contributed by atoms with Crippen molar-refractivity contribution in [1.82, 2.24) is 0 Å². The van der Waals surface area contributed by atoms with Gasteiger partial charge in [-0.2, -0.15) is 0 Å². The van der Waals surface area contributed by atoms with E-state index < -0.39 is 12.1 Å². The first kappa shape index (κ1) is 13.7. The zero-order valence-electron chi connectivity index (χ0n) is 9.74. The average molecular weight is 257 g/mol. The maximum absolute atomic E-state index is 13.9. The topological polar surface area (TPSA) is 26.3 Å². The highest BCUT2D eigenvalue weighted by atomic mass is 35.5. The van der Waals surface area contributed by atoms with Gasteiger partial charge in [0.15, 0.2) is 6.17 Å². The van der Waals surface area contributed by atoms with Crippen LogP contribution in [0.25, 0.3) is 0 Å². The molecule has 17 heavy (non-hydrogen) atoms. The first-order chi connectivity index (χ1) is 7.91. The van der Waals surface area contributed by atoms with Crippen LogP contribution in [-0.2, 0) is 9.53 Å². The Morgan fingerprint density at radius 3 is 2.35 bits per heavy atom. The van der Waals surface area contributed by atoms with Crippen molar-refractivity contribution < 1.29 is 13.9 Å². The predicted octanol–water partition coefficient (Wildman–Crippen LogP) is 3.86. The lowest BCUT2D eigenvalue weighted by atomic mass is 10.0. The molecule has 0 aliphatic heterocycles. The van der Waals surface area contributed by atoms with Crippen LogP contribution >= 0.6 is 11.6 Å². The fourth-order valence-electron chi connectivity index (χ4n) is 1.23. The van der Waals surface area contributed by atoms with Crippen molar-refractivity contribution in [2.75, 3.05) is 0 Å². The minimum absolute atomic E-state index is 0.207. The average Bonchev–Trinajstić information content (AvgIpc) is 2.27. The molecule has 1 aromatic rings. The van der Waals surface area contributed by atoms with Crippen molar-refractivity contribution in [2.45, 2.75) is 26.1 Å². The van der Waals surface area contributed by atoms with Crippen LogP contribution in [0.5, 0.6) is 0 Å². The van der Waals surface area contributed by atoms with Crippen LogP contribution < -0.4 is 0 Å². The number of hydrogen-bond acceptors (Lipinski definition) is 2. The van der Waals surface area contributed by atoms with E-state index in [9.17, 15) is 9.18 Å². The molecule has 0 fully saturated rings. The molecule has 0 heterocycles. The van der Waals surface area contributed by atoms with Crippen molar-refractivity contribution in [3.8, 4) is 0 Å². The molecule has 0 aromatic heterocycles. The molecule has 0 radical (unpaired) electrons. The summed E-state index contributed by atoms with van der Waals surface area (Å²) in [6, 6.07) is 6.15. The van der Waals surface area contributed by atoms with Gasteiger partial charge < -0.3 is 4.74 Å². The number of alkyl halides is 1. The number of rotatable bonds is 4. The Morgan fingerprint density at radius 2 is 1.88 bits per heavy atom. The molecule has 0 aliphatic rings. The minimum atomic E-state index is -1.57. The maximum atomic E-state index is 13.9. The largest absolute Gasteiger partial charge is 0.460 e. The van der Waals surface area contributed by atoms with E-state index in [-0.39, 0.29) is 11.7 Å². The number of benzene rings is 1. The lowest BCUT2D eigenvalue weighted by molar-refractivity contribution is -0.143. The third-order valence-corrected chi connectivity index (χ3v) is 2.33.